The van der Waals surface area contributed by atoms with Crippen molar-refractivity contribution in [3.05, 3.63) is 29.8 Å². The van der Waals surface area contributed by atoms with Gasteiger partial charge >= 0.3 is 5.97 Å². The van der Waals surface area contributed by atoms with E-state index in [-0.39, 0.29) is 17.8 Å². The smallest absolute Gasteiger partial charge is 0.314 e. The molecular weight excluding hydrogens is 344 g/mol. The van der Waals surface area contributed by atoms with E-state index in [0.29, 0.717) is 19.7 Å². The largest absolute Gasteiger partial charge is 0.497 e. The Balaban J connectivity index is 1.77. The number of esters is 1. The number of likely N-dealkylation sites (tertiary alicyclic amines) is 2. The minimum atomic E-state index is -0.559. The Kier molecular flexibility index (Phi) is 6.05. The number of nitrogens with zero attached hydrogens (tertiary/aromatic N) is 2. The molecule has 6 heteroatoms. The molecule has 0 bridgehead atoms. The highest BCUT2D eigenvalue weighted by Crippen LogP contribution is 2.44. The van der Waals surface area contributed by atoms with Crippen molar-refractivity contribution in [2.75, 3.05) is 39.9 Å². The summed E-state index contributed by atoms with van der Waals surface area (Å²) >= 11 is 0. The number of benzene rings is 1. The SMILES string of the molecule is CCOC(=O)[C@]12CCCN(Cc3ccc(OC)cc3)C[C@H]1CN(C(C)=O)C2. The number of hydrogen-bond donors (Lipinski definition) is 0. The first kappa shape index (κ1) is 19.7. The summed E-state index contributed by atoms with van der Waals surface area (Å²) in [6.45, 7) is 7.50. The van der Waals surface area contributed by atoms with Crippen LogP contribution in [0.25, 0.3) is 0 Å². The quantitative estimate of drug-likeness (QED) is 0.741. The first-order valence-corrected chi connectivity index (χ1v) is 9.76. The zero-order chi connectivity index (χ0) is 19.4. The molecule has 0 aliphatic carbocycles. The number of ether oxygens (including phenoxy) is 2. The molecule has 0 aromatic heterocycles. The molecule has 0 spiro atoms. The maximum atomic E-state index is 12.9. The number of methoxy groups -OCH3 is 1. The van der Waals surface area contributed by atoms with Crippen LogP contribution in [0.3, 0.4) is 0 Å². The first-order chi connectivity index (χ1) is 13.0. The number of rotatable bonds is 5. The average molecular weight is 374 g/mol. The van der Waals surface area contributed by atoms with E-state index in [1.165, 1.54) is 5.56 Å². The molecule has 0 radical (unpaired) electrons. The maximum Gasteiger partial charge on any atom is 0.314 e. The van der Waals surface area contributed by atoms with Crippen molar-refractivity contribution in [3.63, 3.8) is 0 Å². The lowest BCUT2D eigenvalue weighted by molar-refractivity contribution is -0.157. The fourth-order valence-electron chi connectivity index (χ4n) is 4.49. The number of carbonyl (C=O) groups is 2. The van der Waals surface area contributed by atoms with E-state index in [9.17, 15) is 9.59 Å². The summed E-state index contributed by atoms with van der Waals surface area (Å²) in [6.07, 6.45) is 1.70. The molecule has 2 fully saturated rings. The van der Waals surface area contributed by atoms with Crippen LogP contribution in [0.15, 0.2) is 24.3 Å². The van der Waals surface area contributed by atoms with E-state index in [1.807, 2.05) is 24.0 Å². The van der Waals surface area contributed by atoms with Crippen LogP contribution >= 0.6 is 0 Å². The number of fused-ring (bicyclic) bond motifs is 1. The van der Waals surface area contributed by atoms with Crippen LogP contribution in [0.4, 0.5) is 0 Å². The third-order valence-corrected chi connectivity index (χ3v) is 5.96. The number of hydrogen-bond acceptors (Lipinski definition) is 5. The van der Waals surface area contributed by atoms with Gasteiger partial charge in [0.1, 0.15) is 5.75 Å². The van der Waals surface area contributed by atoms with Crippen molar-refractivity contribution in [3.8, 4) is 5.75 Å². The highest BCUT2D eigenvalue weighted by atomic mass is 16.5. The zero-order valence-electron chi connectivity index (χ0n) is 16.6. The summed E-state index contributed by atoms with van der Waals surface area (Å²) in [7, 11) is 1.67. The molecule has 0 saturated carbocycles. The van der Waals surface area contributed by atoms with Gasteiger partial charge in [-0.1, -0.05) is 12.1 Å². The second-order valence-corrected chi connectivity index (χ2v) is 7.66. The Morgan fingerprint density at radius 3 is 2.59 bits per heavy atom. The van der Waals surface area contributed by atoms with Gasteiger partial charge in [-0.2, -0.15) is 0 Å². The Bertz CT molecular complexity index is 675. The lowest BCUT2D eigenvalue weighted by Crippen LogP contribution is -2.42. The number of amides is 1. The molecule has 0 unspecified atom stereocenters. The average Bonchev–Trinajstić information content (AvgIpc) is 2.94. The van der Waals surface area contributed by atoms with Crippen molar-refractivity contribution in [2.45, 2.75) is 33.2 Å². The molecule has 6 nitrogen and oxygen atoms in total. The topological polar surface area (TPSA) is 59.1 Å². The lowest BCUT2D eigenvalue weighted by atomic mass is 9.75. The molecule has 2 heterocycles. The van der Waals surface area contributed by atoms with Crippen LogP contribution in [-0.4, -0.2) is 61.6 Å². The van der Waals surface area contributed by atoms with E-state index in [2.05, 4.69) is 17.0 Å². The Labute approximate surface area is 161 Å². The highest BCUT2D eigenvalue weighted by molar-refractivity contribution is 5.81. The third kappa shape index (κ3) is 4.10. The van der Waals surface area contributed by atoms with Gasteiger partial charge in [-0.15, -0.1) is 0 Å². The molecular formula is C21H30N2O4. The van der Waals surface area contributed by atoms with Crippen LogP contribution in [0, 0.1) is 11.3 Å². The van der Waals surface area contributed by atoms with Gasteiger partial charge in [-0.25, -0.2) is 0 Å². The molecule has 2 aliphatic rings. The predicted molar refractivity (Wildman–Crippen MR) is 102 cm³/mol. The van der Waals surface area contributed by atoms with Crippen LogP contribution in [0.5, 0.6) is 5.75 Å². The normalized spacial score (nSPS) is 25.6. The van der Waals surface area contributed by atoms with Crippen molar-refractivity contribution in [1.29, 1.82) is 0 Å². The fourth-order valence-corrected chi connectivity index (χ4v) is 4.49. The van der Waals surface area contributed by atoms with Gasteiger partial charge in [0.25, 0.3) is 0 Å². The number of carbonyl (C=O) groups excluding carboxylic acids is 2. The van der Waals surface area contributed by atoms with Crippen molar-refractivity contribution in [1.82, 2.24) is 9.80 Å². The van der Waals surface area contributed by atoms with E-state index in [4.69, 9.17) is 9.47 Å². The van der Waals surface area contributed by atoms with Crippen molar-refractivity contribution in [2.24, 2.45) is 11.3 Å². The Hall–Kier alpha value is -2.08. The van der Waals surface area contributed by atoms with Gasteiger partial charge in [-0.05, 0) is 44.0 Å². The van der Waals surface area contributed by atoms with Crippen LogP contribution in [0.2, 0.25) is 0 Å². The molecule has 1 aromatic rings. The third-order valence-electron chi connectivity index (χ3n) is 5.96. The summed E-state index contributed by atoms with van der Waals surface area (Å²) in [4.78, 5) is 29.1. The molecule has 148 valence electrons. The lowest BCUT2D eigenvalue weighted by Gasteiger charge is -2.31. The minimum absolute atomic E-state index is 0.0356. The van der Waals surface area contributed by atoms with Crippen LogP contribution < -0.4 is 4.74 Å². The Morgan fingerprint density at radius 1 is 1.22 bits per heavy atom. The van der Waals surface area contributed by atoms with E-state index in [0.717, 1.165) is 38.2 Å². The summed E-state index contributed by atoms with van der Waals surface area (Å²) < 4.78 is 10.7. The zero-order valence-corrected chi connectivity index (χ0v) is 16.6. The monoisotopic (exact) mass is 374 g/mol. The van der Waals surface area contributed by atoms with Gasteiger partial charge in [0.2, 0.25) is 5.91 Å². The Morgan fingerprint density at radius 2 is 1.96 bits per heavy atom. The maximum absolute atomic E-state index is 12.9. The molecule has 2 saturated heterocycles. The van der Waals surface area contributed by atoms with Gasteiger partial charge < -0.3 is 14.4 Å². The second kappa shape index (κ2) is 8.30. The summed E-state index contributed by atoms with van der Waals surface area (Å²) in [5.74, 6) is 0.864. The van der Waals surface area contributed by atoms with E-state index >= 15 is 0 Å². The predicted octanol–water partition coefficient (Wildman–Crippen LogP) is 2.32. The summed E-state index contributed by atoms with van der Waals surface area (Å²) in [5, 5.41) is 0. The van der Waals surface area contributed by atoms with Gasteiger partial charge in [-0.3, -0.25) is 14.5 Å². The fraction of sp³-hybridized carbons (Fsp3) is 0.619. The molecule has 1 aromatic carbocycles. The second-order valence-electron chi connectivity index (χ2n) is 7.66. The highest BCUT2D eigenvalue weighted by Gasteiger charge is 2.54. The molecule has 27 heavy (non-hydrogen) atoms. The summed E-state index contributed by atoms with van der Waals surface area (Å²) in [5.41, 5.74) is 0.664. The molecule has 0 N–H and O–H groups in total. The molecule has 2 aliphatic heterocycles. The van der Waals surface area contributed by atoms with Crippen LogP contribution in [-0.2, 0) is 20.9 Å². The van der Waals surface area contributed by atoms with Crippen molar-refractivity contribution >= 4 is 11.9 Å². The van der Waals surface area contributed by atoms with Crippen LogP contribution in [0.1, 0.15) is 32.3 Å². The summed E-state index contributed by atoms with van der Waals surface area (Å²) in [6, 6.07) is 8.12. The van der Waals surface area contributed by atoms with Crippen molar-refractivity contribution < 1.29 is 19.1 Å². The first-order valence-electron chi connectivity index (χ1n) is 9.76. The van der Waals surface area contributed by atoms with Gasteiger partial charge in [0.15, 0.2) is 0 Å². The molecule has 1 amide bonds. The van der Waals surface area contributed by atoms with Gasteiger partial charge in [0.05, 0.1) is 19.1 Å². The molecule has 3 rings (SSSR count). The van der Waals surface area contributed by atoms with E-state index in [1.54, 1.807) is 14.0 Å². The van der Waals surface area contributed by atoms with E-state index < -0.39 is 5.41 Å². The minimum Gasteiger partial charge on any atom is -0.497 e. The molecule has 2 atom stereocenters. The standard InChI is InChI=1S/C21H30N2O4/c1-4-27-20(25)21-10-5-11-22(12-17-6-8-19(26-3)9-7-17)13-18(21)14-23(15-21)16(2)24/h6-9,18H,4-5,10-15H2,1-3H3/t18-,21-/m0/s1. The van der Waals surface area contributed by atoms with Gasteiger partial charge in [0, 0.05) is 39.0 Å².